The van der Waals surface area contributed by atoms with Gasteiger partial charge >= 0.3 is 11.8 Å². The van der Waals surface area contributed by atoms with Crippen molar-refractivity contribution in [1.29, 1.82) is 0 Å². The topological polar surface area (TPSA) is 97.6 Å². The number of ether oxygens (including phenoxy) is 1. The van der Waals surface area contributed by atoms with E-state index < -0.39 is 11.8 Å². The Hall–Kier alpha value is -3.94. The highest BCUT2D eigenvalue weighted by Crippen LogP contribution is 2.21. The van der Waals surface area contributed by atoms with Gasteiger partial charge < -0.3 is 14.6 Å². The highest BCUT2D eigenvalue weighted by molar-refractivity contribution is 6.35. The molecule has 0 spiro atoms. The Kier molecular flexibility index (Phi) is 6.59. The molecule has 0 saturated carbocycles. The molecule has 2 amide bonds. The predicted octanol–water partition coefficient (Wildman–Crippen LogP) is 2.26. The summed E-state index contributed by atoms with van der Waals surface area (Å²) in [6.07, 6.45) is 3.14. The van der Waals surface area contributed by atoms with Gasteiger partial charge in [-0.1, -0.05) is 6.07 Å². The smallest absolute Gasteiger partial charge is 0.329 e. The second kappa shape index (κ2) is 9.51. The lowest BCUT2D eigenvalue weighted by atomic mass is 10.2. The SMILES string of the molecule is COc1ccc(-n2c(C)cc(/C=N\NC(=O)C(=O)NCc3ccccn3)c2C)cc1. The summed E-state index contributed by atoms with van der Waals surface area (Å²) in [5, 5.41) is 6.42. The van der Waals surface area contributed by atoms with Crippen LogP contribution in [0.15, 0.2) is 59.8 Å². The summed E-state index contributed by atoms with van der Waals surface area (Å²) in [5.41, 5.74) is 6.70. The molecule has 0 unspecified atom stereocenters. The first-order valence-electron chi connectivity index (χ1n) is 9.34. The summed E-state index contributed by atoms with van der Waals surface area (Å²) >= 11 is 0. The van der Waals surface area contributed by atoms with E-state index in [2.05, 4.69) is 25.4 Å². The van der Waals surface area contributed by atoms with Crippen molar-refractivity contribution >= 4 is 18.0 Å². The molecule has 8 heteroatoms. The van der Waals surface area contributed by atoms with Crippen LogP contribution in [0.25, 0.3) is 5.69 Å². The molecule has 1 aromatic carbocycles. The second-order valence-electron chi connectivity index (χ2n) is 6.56. The lowest BCUT2D eigenvalue weighted by molar-refractivity contribution is -0.139. The van der Waals surface area contributed by atoms with Gasteiger partial charge in [-0.15, -0.1) is 0 Å². The van der Waals surface area contributed by atoms with Crippen LogP contribution < -0.4 is 15.5 Å². The van der Waals surface area contributed by atoms with Crippen molar-refractivity contribution in [2.75, 3.05) is 7.11 Å². The third kappa shape index (κ3) is 4.91. The molecule has 8 nitrogen and oxygen atoms in total. The van der Waals surface area contributed by atoms with E-state index in [1.807, 2.05) is 44.2 Å². The van der Waals surface area contributed by atoms with Gasteiger partial charge in [0.15, 0.2) is 0 Å². The quantitative estimate of drug-likeness (QED) is 0.373. The third-order valence-electron chi connectivity index (χ3n) is 4.53. The molecule has 2 heterocycles. The fourth-order valence-corrected chi connectivity index (χ4v) is 3.01. The molecule has 2 aromatic heterocycles. The molecule has 0 saturated heterocycles. The van der Waals surface area contributed by atoms with Crippen LogP contribution in [0.3, 0.4) is 0 Å². The summed E-state index contributed by atoms with van der Waals surface area (Å²) in [7, 11) is 1.63. The second-order valence-corrected chi connectivity index (χ2v) is 6.56. The van der Waals surface area contributed by atoms with E-state index in [-0.39, 0.29) is 6.54 Å². The molecule has 0 aliphatic heterocycles. The molecule has 0 atom stereocenters. The number of methoxy groups -OCH3 is 1. The molecular weight excluding hydrogens is 382 g/mol. The van der Waals surface area contributed by atoms with Crippen molar-refractivity contribution in [2.45, 2.75) is 20.4 Å². The number of hydrogen-bond donors (Lipinski definition) is 2. The van der Waals surface area contributed by atoms with Crippen molar-refractivity contribution in [3.8, 4) is 11.4 Å². The first-order chi connectivity index (χ1) is 14.5. The van der Waals surface area contributed by atoms with Crippen LogP contribution >= 0.6 is 0 Å². The number of nitrogens with one attached hydrogen (secondary N) is 2. The fraction of sp³-hybridized carbons (Fsp3) is 0.182. The van der Waals surface area contributed by atoms with Crippen molar-refractivity contribution in [2.24, 2.45) is 5.10 Å². The van der Waals surface area contributed by atoms with Gasteiger partial charge in [-0.3, -0.25) is 14.6 Å². The van der Waals surface area contributed by atoms with Crippen LogP contribution in [0.1, 0.15) is 22.6 Å². The molecule has 2 N–H and O–H groups in total. The standard InChI is InChI=1S/C22H23N5O3/c1-15-12-17(16(2)27(15)19-7-9-20(30-3)10-8-19)13-25-26-22(29)21(28)24-14-18-6-4-5-11-23-18/h4-13H,14H2,1-3H3,(H,24,28)(H,26,29)/b25-13-. The maximum atomic E-state index is 11.9. The highest BCUT2D eigenvalue weighted by Gasteiger charge is 2.13. The zero-order valence-electron chi connectivity index (χ0n) is 17.0. The summed E-state index contributed by atoms with van der Waals surface area (Å²) in [5.74, 6) is -0.834. The highest BCUT2D eigenvalue weighted by atomic mass is 16.5. The first-order valence-corrected chi connectivity index (χ1v) is 9.34. The molecular formula is C22H23N5O3. The van der Waals surface area contributed by atoms with Crippen molar-refractivity contribution in [3.05, 3.63) is 77.4 Å². The number of pyridine rings is 1. The number of nitrogens with zero attached hydrogens (tertiary/aromatic N) is 3. The number of carbonyl (C=O) groups excluding carboxylic acids is 2. The van der Waals surface area contributed by atoms with E-state index in [1.165, 1.54) is 6.21 Å². The molecule has 0 aliphatic carbocycles. The van der Waals surface area contributed by atoms with E-state index in [0.717, 1.165) is 28.4 Å². The third-order valence-corrected chi connectivity index (χ3v) is 4.53. The van der Waals surface area contributed by atoms with E-state index in [0.29, 0.717) is 5.69 Å². The summed E-state index contributed by atoms with van der Waals surface area (Å²) in [6.45, 7) is 4.11. The maximum Gasteiger partial charge on any atom is 0.329 e. The Labute approximate surface area is 174 Å². The molecule has 3 rings (SSSR count). The number of benzene rings is 1. The molecule has 0 fully saturated rings. The maximum absolute atomic E-state index is 11.9. The zero-order chi connectivity index (χ0) is 21.5. The molecule has 0 bridgehead atoms. The van der Waals surface area contributed by atoms with Crippen molar-refractivity contribution in [1.82, 2.24) is 20.3 Å². The minimum atomic E-state index is -0.842. The fourth-order valence-electron chi connectivity index (χ4n) is 3.01. The molecule has 0 aliphatic rings. The summed E-state index contributed by atoms with van der Waals surface area (Å²) in [4.78, 5) is 27.9. The lowest BCUT2D eigenvalue weighted by Gasteiger charge is -2.10. The van der Waals surface area contributed by atoms with Crippen LogP contribution in [0.4, 0.5) is 0 Å². The lowest BCUT2D eigenvalue weighted by Crippen LogP contribution is -2.37. The van der Waals surface area contributed by atoms with Gasteiger partial charge in [0.25, 0.3) is 0 Å². The zero-order valence-corrected chi connectivity index (χ0v) is 17.0. The summed E-state index contributed by atoms with van der Waals surface area (Å²) < 4.78 is 7.27. The largest absolute Gasteiger partial charge is 0.497 e. The number of rotatable bonds is 6. The average Bonchev–Trinajstić information content (AvgIpc) is 3.05. The number of hydrazone groups is 1. The molecule has 3 aromatic rings. The predicted molar refractivity (Wildman–Crippen MR) is 114 cm³/mol. The monoisotopic (exact) mass is 405 g/mol. The van der Waals surface area contributed by atoms with Crippen molar-refractivity contribution < 1.29 is 14.3 Å². The normalized spacial score (nSPS) is 10.8. The van der Waals surface area contributed by atoms with Crippen molar-refractivity contribution in [3.63, 3.8) is 0 Å². The van der Waals surface area contributed by atoms with Gasteiger partial charge in [0.2, 0.25) is 0 Å². The van der Waals surface area contributed by atoms with Crippen LogP contribution in [0, 0.1) is 13.8 Å². The number of carbonyl (C=O) groups is 2. The Morgan fingerprint density at radius 3 is 2.57 bits per heavy atom. The van der Waals surface area contributed by atoms with Crippen LogP contribution in [0.2, 0.25) is 0 Å². The van der Waals surface area contributed by atoms with Gasteiger partial charge in [0.1, 0.15) is 5.75 Å². The van der Waals surface area contributed by atoms with Gasteiger partial charge in [0.05, 0.1) is 25.6 Å². The number of hydrogen-bond acceptors (Lipinski definition) is 5. The average molecular weight is 405 g/mol. The Morgan fingerprint density at radius 1 is 1.13 bits per heavy atom. The van der Waals surface area contributed by atoms with Crippen LogP contribution in [-0.2, 0) is 16.1 Å². The Bertz CT molecular complexity index is 1060. The van der Waals surface area contributed by atoms with E-state index >= 15 is 0 Å². The van der Waals surface area contributed by atoms with Crippen LogP contribution in [0.5, 0.6) is 5.75 Å². The Morgan fingerprint density at radius 2 is 1.90 bits per heavy atom. The van der Waals surface area contributed by atoms with Gasteiger partial charge in [-0.25, -0.2) is 5.43 Å². The van der Waals surface area contributed by atoms with E-state index in [9.17, 15) is 9.59 Å². The van der Waals surface area contributed by atoms with Gasteiger partial charge in [-0.2, -0.15) is 5.10 Å². The first kappa shape index (κ1) is 20.8. The molecule has 30 heavy (non-hydrogen) atoms. The minimum Gasteiger partial charge on any atom is -0.497 e. The molecule has 0 radical (unpaired) electrons. The number of aryl methyl sites for hydroxylation is 1. The van der Waals surface area contributed by atoms with E-state index in [4.69, 9.17) is 4.74 Å². The van der Waals surface area contributed by atoms with Gasteiger partial charge in [-0.05, 0) is 56.3 Å². The van der Waals surface area contributed by atoms with E-state index in [1.54, 1.807) is 31.5 Å². The van der Waals surface area contributed by atoms with Crippen LogP contribution in [-0.4, -0.2) is 34.7 Å². The van der Waals surface area contributed by atoms with Gasteiger partial charge in [0, 0.05) is 28.8 Å². The Balaban J connectivity index is 1.61. The minimum absolute atomic E-state index is 0.166. The number of amides is 2. The molecule has 154 valence electrons. The number of aromatic nitrogens is 2. The summed E-state index contributed by atoms with van der Waals surface area (Å²) in [6, 6.07) is 15.0.